The third kappa shape index (κ3) is 18.9. The van der Waals surface area contributed by atoms with Crippen molar-refractivity contribution >= 4 is 5.97 Å². The summed E-state index contributed by atoms with van der Waals surface area (Å²) in [5.74, 6) is -0.0207. The van der Waals surface area contributed by atoms with Gasteiger partial charge in [0.1, 0.15) is 0 Å². The number of carboxylic acids is 1. The molecule has 2 heteroatoms. The Labute approximate surface area is 137 Å². The van der Waals surface area contributed by atoms with Gasteiger partial charge < -0.3 is 5.11 Å². The Kier molecular flexibility index (Phi) is 15.5. The van der Waals surface area contributed by atoms with Crippen LogP contribution in [0.15, 0.2) is 24.3 Å². The molecule has 0 unspecified atom stereocenters. The minimum Gasteiger partial charge on any atom is -0.478 e. The molecular formula is C20H36O2. The molecule has 128 valence electrons. The summed E-state index contributed by atoms with van der Waals surface area (Å²) >= 11 is 0. The number of aliphatic carboxylic acids is 1. The van der Waals surface area contributed by atoms with Gasteiger partial charge in [-0.15, -0.1) is 0 Å². The minimum absolute atomic E-state index is 0.864. The van der Waals surface area contributed by atoms with E-state index in [1.54, 1.807) is 6.08 Å². The van der Waals surface area contributed by atoms with Crippen molar-refractivity contribution in [3.8, 4) is 0 Å². The summed E-state index contributed by atoms with van der Waals surface area (Å²) < 4.78 is 0. The van der Waals surface area contributed by atoms with Gasteiger partial charge in [0, 0.05) is 6.08 Å². The van der Waals surface area contributed by atoms with Crippen LogP contribution >= 0.6 is 0 Å². The maximum Gasteiger partial charge on any atom is 0.328 e. The second kappa shape index (κ2) is 16.3. The molecule has 0 aliphatic rings. The highest BCUT2D eigenvalue weighted by atomic mass is 16.4. The first kappa shape index (κ1) is 20.9. The summed E-state index contributed by atoms with van der Waals surface area (Å²) in [4.78, 5) is 10.2. The fourth-order valence-corrected chi connectivity index (χ4v) is 2.54. The Morgan fingerprint density at radius 1 is 0.818 bits per heavy atom. The fourth-order valence-electron chi connectivity index (χ4n) is 2.54. The van der Waals surface area contributed by atoms with Gasteiger partial charge in [0.2, 0.25) is 0 Å². The van der Waals surface area contributed by atoms with Gasteiger partial charge in [0.25, 0.3) is 0 Å². The lowest BCUT2D eigenvalue weighted by Crippen LogP contribution is -1.87. The monoisotopic (exact) mass is 308 g/mol. The molecule has 0 amide bonds. The van der Waals surface area contributed by atoms with Crippen molar-refractivity contribution in [2.75, 3.05) is 0 Å². The van der Waals surface area contributed by atoms with Crippen LogP contribution in [0.5, 0.6) is 0 Å². The summed E-state index contributed by atoms with van der Waals surface area (Å²) in [5.41, 5.74) is 0. The standard InChI is InChI=1S/C20H36O2/c1-19(2)17-15-13-11-9-7-5-3-4-6-8-10-12-14-16-18-20(21)22/h12,14,16,18-19H,3-11,13,15,17H2,1-2H3,(H,21,22). The highest BCUT2D eigenvalue weighted by molar-refractivity contribution is 5.80. The van der Waals surface area contributed by atoms with Crippen LogP contribution in [0.1, 0.15) is 90.9 Å². The van der Waals surface area contributed by atoms with E-state index in [1.807, 2.05) is 6.08 Å². The number of carboxylic acid groups (broad SMARTS) is 1. The van der Waals surface area contributed by atoms with Gasteiger partial charge in [0.15, 0.2) is 0 Å². The third-order valence-electron chi connectivity index (χ3n) is 3.89. The van der Waals surface area contributed by atoms with E-state index >= 15 is 0 Å². The Hall–Kier alpha value is -1.05. The first-order valence-corrected chi connectivity index (χ1v) is 9.19. The fraction of sp³-hybridized carbons (Fsp3) is 0.750. The van der Waals surface area contributed by atoms with Gasteiger partial charge >= 0.3 is 5.97 Å². The summed E-state index contributed by atoms with van der Waals surface area (Å²) in [6.07, 6.45) is 22.7. The van der Waals surface area contributed by atoms with Crippen molar-refractivity contribution in [2.24, 2.45) is 5.92 Å². The number of carbonyl (C=O) groups is 1. The number of rotatable bonds is 15. The molecule has 0 radical (unpaired) electrons. The molecule has 0 saturated carbocycles. The Bertz CT molecular complexity index is 303. The smallest absolute Gasteiger partial charge is 0.328 e. The van der Waals surface area contributed by atoms with E-state index in [4.69, 9.17) is 5.11 Å². The van der Waals surface area contributed by atoms with Gasteiger partial charge in [-0.1, -0.05) is 96.3 Å². The van der Waals surface area contributed by atoms with Crippen LogP contribution in [-0.2, 0) is 4.79 Å². The molecular weight excluding hydrogens is 272 g/mol. The lowest BCUT2D eigenvalue weighted by molar-refractivity contribution is -0.131. The molecule has 0 aromatic rings. The molecule has 0 rings (SSSR count). The Morgan fingerprint density at radius 2 is 1.32 bits per heavy atom. The van der Waals surface area contributed by atoms with E-state index in [-0.39, 0.29) is 0 Å². The SMILES string of the molecule is CC(C)CCCCCCCCCCCCC=CC=CC(=O)O. The summed E-state index contributed by atoms with van der Waals surface area (Å²) in [6.45, 7) is 4.62. The van der Waals surface area contributed by atoms with Crippen LogP contribution in [0.25, 0.3) is 0 Å². The number of unbranched alkanes of at least 4 members (excludes halogenated alkanes) is 10. The maximum absolute atomic E-state index is 10.2. The van der Waals surface area contributed by atoms with Gasteiger partial charge in [-0.3, -0.25) is 0 Å². The van der Waals surface area contributed by atoms with E-state index in [0.29, 0.717) is 0 Å². The third-order valence-corrected chi connectivity index (χ3v) is 3.89. The van der Waals surface area contributed by atoms with Crippen molar-refractivity contribution in [3.63, 3.8) is 0 Å². The van der Waals surface area contributed by atoms with Crippen molar-refractivity contribution in [1.29, 1.82) is 0 Å². The molecule has 0 atom stereocenters. The van der Waals surface area contributed by atoms with Crippen molar-refractivity contribution in [3.05, 3.63) is 24.3 Å². The number of hydrogen-bond donors (Lipinski definition) is 1. The maximum atomic E-state index is 10.2. The van der Waals surface area contributed by atoms with E-state index in [2.05, 4.69) is 19.9 Å². The number of allylic oxidation sites excluding steroid dienone is 3. The first-order valence-electron chi connectivity index (χ1n) is 9.19. The van der Waals surface area contributed by atoms with Crippen LogP contribution < -0.4 is 0 Å². The minimum atomic E-state index is -0.885. The van der Waals surface area contributed by atoms with Crippen LogP contribution in [0.2, 0.25) is 0 Å². The highest BCUT2D eigenvalue weighted by Gasteiger charge is 1.95. The molecule has 22 heavy (non-hydrogen) atoms. The molecule has 0 saturated heterocycles. The lowest BCUT2D eigenvalue weighted by atomic mass is 10.0. The zero-order valence-corrected chi connectivity index (χ0v) is 14.7. The van der Waals surface area contributed by atoms with Crippen LogP contribution in [-0.4, -0.2) is 11.1 Å². The quantitative estimate of drug-likeness (QED) is 0.212. The van der Waals surface area contributed by atoms with E-state index in [0.717, 1.165) is 12.3 Å². The lowest BCUT2D eigenvalue weighted by Gasteiger charge is -2.04. The molecule has 0 aliphatic heterocycles. The van der Waals surface area contributed by atoms with E-state index in [1.165, 1.54) is 76.7 Å². The van der Waals surface area contributed by atoms with Crippen LogP contribution in [0.3, 0.4) is 0 Å². The average Bonchev–Trinajstić information content (AvgIpc) is 2.46. The molecule has 0 aromatic heterocycles. The summed E-state index contributed by atoms with van der Waals surface area (Å²) in [5, 5.41) is 8.42. The average molecular weight is 309 g/mol. The summed E-state index contributed by atoms with van der Waals surface area (Å²) in [7, 11) is 0. The van der Waals surface area contributed by atoms with Crippen LogP contribution in [0.4, 0.5) is 0 Å². The highest BCUT2D eigenvalue weighted by Crippen LogP contribution is 2.13. The topological polar surface area (TPSA) is 37.3 Å². The molecule has 0 bridgehead atoms. The predicted octanol–water partition coefficient (Wildman–Crippen LogP) is 6.52. The molecule has 0 spiro atoms. The second-order valence-electron chi connectivity index (χ2n) is 6.63. The van der Waals surface area contributed by atoms with Crippen molar-refractivity contribution < 1.29 is 9.90 Å². The van der Waals surface area contributed by atoms with E-state index < -0.39 is 5.97 Å². The zero-order chi connectivity index (χ0) is 16.5. The van der Waals surface area contributed by atoms with E-state index in [9.17, 15) is 4.79 Å². The molecule has 2 nitrogen and oxygen atoms in total. The zero-order valence-electron chi connectivity index (χ0n) is 14.7. The van der Waals surface area contributed by atoms with Crippen molar-refractivity contribution in [2.45, 2.75) is 90.9 Å². The predicted molar refractivity (Wildman–Crippen MR) is 96.2 cm³/mol. The Balaban J connectivity index is 3.13. The van der Waals surface area contributed by atoms with Crippen LogP contribution in [0, 0.1) is 5.92 Å². The first-order chi connectivity index (χ1) is 10.6. The van der Waals surface area contributed by atoms with Gasteiger partial charge in [-0.2, -0.15) is 0 Å². The molecule has 0 fully saturated rings. The van der Waals surface area contributed by atoms with Gasteiger partial charge in [0.05, 0.1) is 0 Å². The second-order valence-corrected chi connectivity index (χ2v) is 6.63. The molecule has 1 N–H and O–H groups in total. The Morgan fingerprint density at radius 3 is 1.82 bits per heavy atom. The largest absolute Gasteiger partial charge is 0.478 e. The summed E-state index contributed by atoms with van der Waals surface area (Å²) in [6, 6.07) is 0. The normalized spacial score (nSPS) is 12.0. The molecule has 0 aromatic carbocycles. The molecule has 0 heterocycles. The number of hydrogen-bond acceptors (Lipinski definition) is 1. The van der Waals surface area contributed by atoms with Crippen molar-refractivity contribution in [1.82, 2.24) is 0 Å². The molecule has 0 aliphatic carbocycles. The van der Waals surface area contributed by atoms with Gasteiger partial charge in [-0.05, 0) is 18.8 Å². The van der Waals surface area contributed by atoms with Gasteiger partial charge in [-0.25, -0.2) is 4.79 Å².